The normalized spacial score (nSPS) is 21.6. The van der Waals surface area contributed by atoms with Crippen LogP contribution in [0.1, 0.15) is 62.0 Å². The van der Waals surface area contributed by atoms with Gasteiger partial charge in [0.05, 0.1) is 5.54 Å². The highest BCUT2D eigenvalue weighted by molar-refractivity contribution is 5.80. The maximum absolute atomic E-state index is 12.6. The van der Waals surface area contributed by atoms with Crippen molar-refractivity contribution in [2.24, 2.45) is 11.8 Å². The average molecular weight is 477 g/mol. The minimum Gasteiger partial charge on any atom is -0.481 e. The molecule has 2 atom stereocenters. The maximum atomic E-state index is 12.6. The second-order valence-corrected chi connectivity index (χ2v) is 10.4. The lowest BCUT2D eigenvalue weighted by atomic mass is 9.98. The van der Waals surface area contributed by atoms with Crippen molar-refractivity contribution in [3.8, 4) is 11.1 Å². The summed E-state index contributed by atoms with van der Waals surface area (Å²) in [7, 11) is 0. The highest BCUT2D eigenvalue weighted by Gasteiger charge is 2.46. The molecule has 7 heteroatoms. The van der Waals surface area contributed by atoms with Crippen LogP contribution < -0.4 is 10.6 Å². The van der Waals surface area contributed by atoms with Gasteiger partial charge in [0, 0.05) is 25.3 Å². The molecule has 0 spiro atoms. The van der Waals surface area contributed by atoms with E-state index in [4.69, 9.17) is 9.84 Å². The van der Waals surface area contributed by atoms with Crippen molar-refractivity contribution in [2.45, 2.75) is 56.4 Å². The van der Waals surface area contributed by atoms with Gasteiger partial charge in [0.25, 0.3) is 0 Å². The van der Waals surface area contributed by atoms with Crippen LogP contribution >= 0.6 is 0 Å². The van der Waals surface area contributed by atoms with E-state index in [1.807, 2.05) is 24.3 Å². The fourth-order valence-corrected chi connectivity index (χ4v) is 5.77. The molecule has 0 bridgehead atoms. The molecule has 3 aliphatic rings. The van der Waals surface area contributed by atoms with E-state index in [9.17, 15) is 14.4 Å². The van der Waals surface area contributed by atoms with Gasteiger partial charge < -0.3 is 20.5 Å². The van der Waals surface area contributed by atoms with Crippen molar-refractivity contribution in [3.05, 3.63) is 59.7 Å². The number of hydrogen-bond donors (Lipinski definition) is 3. The first-order valence-corrected chi connectivity index (χ1v) is 12.5. The lowest BCUT2D eigenvalue weighted by Crippen LogP contribution is -2.42. The van der Waals surface area contributed by atoms with Crippen molar-refractivity contribution in [3.63, 3.8) is 0 Å². The largest absolute Gasteiger partial charge is 0.481 e. The van der Waals surface area contributed by atoms with Crippen LogP contribution in [0.3, 0.4) is 0 Å². The Balaban J connectivity index is 1.09. The van der Waals surface area contributed by atoms with Crippen LogP contribution in [0.2, 0.25) is 0 Å². The van der Waals surface area contributed by atoms with Crippen LogP contribution in [0.5, 0.6) is 0 Å². The Bertz CT molecular complexity index is 1080. The van der Waals surface area contributed by atoms with Gasteiger partial charge in [-0.3, -0.25) is 9.59 Å². The smallest absolute Gasteiger partial charge is 0.407 e. The standard InChI is InChI=1S/C28H32N2O5/c31-25(29-16-19-10-9-18(13-19)14-26(32)33)15-28(11-12-28)30-27(34)35-17-24-22-7-3-1-5-20(22)21-6-2-4-8-23(21)24/h1-8,18-19,24H,9-17H2,(H,29,31)(H,30,34)(H,32,33). The Morgan fingerprint density at radius 3 is 2.20 bits per heavy atom. The second kappa shape index (κ2) is 9.72. The highest BCUT2D eigenvalue weighted by atomic mass is 16.5. The molecule has 2 fully saturated rings. The molecule has 0 aromatic heterocycles. The van der Waals surface area contributed by atoms with Gasteiger partial charge in [0.1, 0.15) is 6.61 Å². The molecule has 5 rings (SSSR count). The minimum absolute atomic E-state index is 0.00275. The van der Waals surface area contributed by atoms with Crippen LogP contribution in [0.25, 0.3) is 11.1 Å². The SMILES string of the molecule is O=C(O)CC1CCC(CNC(=O)CC2(NC(=O)OCC3c4ccccc4-c4ccccc43)CC2)C1. The molecule has 0 saturated heterocycles. The van der Waals surface area contributed by atoms with E-state index in [2.05, 4.69) is 34.9 Å². The van der Waals surface area contributed by atoms with E-state index >= 15 is 0 Å². The number of carbonyl (C=O) groups is 3. The number of fused-ring (bicyclic) bond motifs is 3. The molecule has 3 aliphatic carbocycles. The average Bonchev–Trinajstić information content (AvgIpc) is 3.30. The van der Waals surface area contributed by atoms with Crippen molar-refractivity contribution >= 4 is 18.0 Å². The van der Waals surface area contributed by atoms with Gasteiger partial charge in [0.2, 0.25) is 5.91 Å². The first-order valence-electron chi connectivity index (χ1n) is 12.5. The van der Waals surface area contributed by atoms with Gasteiger partial charge in [-0.25, -0.2) is 4.79 Å². The summed E-state index contributed by atoms with van der Waals surface area (Å²) < 4.78 is 5.65. The van der Waals surface area contributed by atoms with Gasteiger partial charge >= 0.3 is 12.1 Å². The maximum Gasteiger partial charge on any atom is 0.407 e. The Morgan fingerprint density at radius 1 is 0.943 bits per heavy atom. The number of carbonyl (C=O) groups excluding carboxylic acids is 2. The third-order valence-electron chi connectivity index (χ3n) is 7.76. The van der Waals surface area contributed by atoms with Crippen molar-refractivity contribution < 1.29 is 24.2 Å². The van der Waals surface area contributed by atoms with Crippen LogP contribution in [-0.4, -0.2) is 41.8 Å². The molecule has 2 amide bonds. The summed E-state index contributed by atoms with van der Waals surface area (Å²) >= 11 is 0. The summed E-state index contributed by atoms with van der Waals surface area (Å²) in [5.74, 6) is -0.297. The lowest BCUT2D eigenvalue weighted by molar-refractivity contribution is -0.138. The van der Waals surface area contributed by atoms with Crippen molar-refractivity contribution in [2.75, 3.05) is 13.2 Å². The third kappa shape index (κ3) is 5.34. The summed E-state index contributed by atoms with van der Waals surface area (Å²) in [5.41, 5.74) is 4.18. The van der Waals surface area contributed by atoms with Crippen LogP contribution in [-0.2, 0) is 14.3 Å². The first kappa shape index (κ1) is 23.4. The molecule has 35 heavy (non-hydrogen) atoms. The third-order valence-corrected chi connectivity index (χ3v) is 7.76. The zero-order chi connectivity index (χ0) is 24.4. The number of aliphatic carboxylic acids is 1. The fraction of sp³-hybridized carbons (Fsp3) is 0.464. The zero-order valence-corrected chi connectivity index (χ0v) is 19.8. The molecule has 2 saturated carbocycles. The van der Waals surface area contributed by atoms with Crippen molar-refractivity contribution in [1.82, 2.24) is 10.6 Å². The second-order valence-electron chi connectivity index (χ2n) is 10.4. The highest BCUT2D eigenvalue weighted by Crippen LogP contribution is 2.45. The molecule has 184 valence electrons. The number of hydrogen-bond acceptors (Lipinski definition) is 4. The molecule has 2 aromatic rings. The van der Waals surface area contributed by atoms with E-state index < -0.39 is 17.6 Å². The van der Waals surface area contributed by atoms with Crippen LogP contribution in [0, 0.1) is 11.8 Å². The lowest BCUT2D eigenvalue weighted by Gasteiger charge is -2.19. The number of rotatable bonds is 9. The Morgan fingerprint density at radius 2 is 1.57 bits per heavy atom. The topological polar surface area (TPSA) is 105 Å². The van der Waals surface area contributed by atoms with Gasteiger partial charge in [-0.15, -0.1) is 0 Å². The molecule has 2 aromatic carbocycles. The van der Waals surface area contributed by atoms with Crippen LogP contribution in [0.4, 0.5) is 4.79 Å². The molecule has 7 nitrogen and oxygen atoms in total. The molecule has 0 radical (unpaired) electrons. The number of amides is 2. The van der Waals surface area contributed by atoms with E-state index in [0.717, 1.165) is 32.1 Å². The van der Waals surface area contributed by atoms with Gasteiger partial charge in [-0.2, -0.15) is 0 Å². The number of carboxylic acid groups (broad SMARTS) is 1. The number of carboxylic acids is 1. The number of nitrogens with one attached hydrogen (secondary N) is 2. The quantitative estimate of drug-likeness (QED) is 0.496. The summed E-state index contributed by atoms with van der Waals surface area (Å²) in [6.07, 6.45) is 4.17. The van der Waals surface area contributed by atoms with E-state index in [-0.39, 0.29) is 37.2 Å². The summed E-state index contributed by atoms with van der Waals surface area (Å²) in [6, 6.07) is 16.4. The fourth-order valence-electron chi connectivity index (χ4n) is 5.77. The van der Waals surface area contributed by atoms with E-state index in [1.165, 1.54) is 22.3 Å². The van der Waals surface area contributed by atoms with E-state index in [1.54, 1.807) is 0 Å². The van der Waals surface area contributed by atoms with Gasteiger partial charge in [0.15, 0.2) is 0 Å². The minimum atomic E-state index is -0.755. The molecule has 0 aliphatic heterocycles. The monoisotopic (exact) mass is 476 g/mol. The molecule has 0 heterocycles. The Hall–Kier alpha value is -3.35. The molecular formula is C28H32N2O5. The predicted octanol–water partition coefficient (Wildman–Crippen LogP) is 4.46. The first-order chi connectivity index (χ1) is 16.9. The Labute approximate surface area is 205 Å². The van der Waals surface area contributed by atoms with Gasteiger partial charge in [-0.1, -0.05) is 48.5 Å². The zero-order valence-electron chi connectivity index (χ0n) is 19.8. The van der Waals surface area contributed by atoms with Gasteiger partial charge in [-0.05, 0) is 66.2 Å². The Kier molecular flexibility index (Phi) is 6.50. The number of alkyl carbamates (subject to hydrolysis) is 1. The number of ether oxygens (including phenoxy) is 1. The summed E-state index contributed by atoms with van der Waals surface area (Å²) in [5, 5.41) is 14.9. The number of benzene rings is 2. The van der Waals surface area contributed by atoms with Crippen molar-refractivity contribution in [1.29, 1.82) is 0 Å². The predicted molar refractivity (Wildman–Crippen MR) is 131 cm³/mol. The summed E-state index contributed by atoms with van der Waals surface area (Å²) in [6.45, 7) is 0.817. The summed E-state index contributed by atoms with van der Waals surface area (Å²) in [4.78, 5) is 36.1. The van der Waals surface area contributed by atoms with E-state index in [0.29, 0.717) is 12.5 Å². The van der Waals surface area contributed by atoms with Crippen LogP contribution in [0.15, 0.2) is 48.5 Å². The molecular weight excluding hydrogens is 444 g/mol. The molecule has 2 unspecified atom stereocenters. The molecule has 3 N–H and O–H groups in total.